The van der Waals surface area contributed by atoms with E-state index in [1.54, 1.807) is 41.8 Å². The SMILES string of the molecule is COC(=O)C1=C(C)N=c2sc(=Cc3ccc(C#N)cc3)c(=O)n2C1c1ccccc1. The minimum atomic E-state index is -0.613. The van der Waals surface area contributed by atoms with E-state index in [-0.39, 0.29) is 5.56 Å². The van der Waals surface area contributed by atoms with E-state index in [0.717, 1.165) is 11.1 Å². The first kappa shape index (κ1) is 19.6. The van der Waals surface area contributed by atoms with Gasteiger partial charge in [-0.3, -0.25) is 9.36 Å². The minimum absolute atomic E-state index is 0.231. The van der Waals surface area contributed by atoms with Crippen molar-refractivity contribution in [2.75, 3.05) is 7.11 Å². The van der Waals surface area contributed by atoms with Crippen LogP contribution in [-0.2, 0) is 9.53 Å². The third-order valence-electron chi connectivity index (χ3n) is 4.88. The smallest absolute Gasteiger partial charge is 0.338 e. The van der Waals surface area contributed by atoms with Gasteiger partial charge in [-0.05, 0) is 36.3 Å². The Hall–Kier alpha value is -3.76. The highest BCUT2D eigenvalue weighted by atomic mass is 32.1. The van der Waals surface area contributed by atoms with E-state index in [0.29, 0.717) is 26.2 Å². The summed E-state index contributed by atoms with van der Waals surface area (Å²) in [6.45, 7) is 1.75. The molecule has 0 bridgehead atoms. The zero-order chi connectivity index (χ0) is 21.3. The Morgan fingerprint density at radius 3 is 2.53 bits per heavy atom. The molecular weight excluding hydrogens is 398 g/mol. The molecule has 6 nitrogen and oxygen atoms in total. The van der Waals surface area contributed by atoms with Crippen LogP contribution in [0.5, 0.6) is 0 Å². The first-order valence-corrected chi connectivity index (χ1v) is 10.0. The number of carbonyl (C=O) groups is 1. The molecule has 148 valence electrons. The maximum atomic E-state index is 13.3. The van der Waals surface area contributed by atoms with Crippen LogP contribution in [0.3, 0.4) is 0 Å². The van der Waals surface area contributed by atoms with Crippen molar-refractivity contribution in [3.05, 3.63) is 102 Å². The first-order valence-electron chi connectivity index (χ1n) is 9.19. The lowest BCUT2D eigenvalue weighted by Crippen LogP contribution is -2.39. The quantitative estimate of drug-likeness (QED) is 0.615. The van der Waals surface area contributed by atoms with Crippen molar-refractivity contribution in [2.24, 2.45) is 4.99 Å². The molecule has 7 heteroatoms. The Labute approximate surface area is 176 Å². The van der Waals surface area contributed by atoms with E-state index >= 15 is 0 Å². The largest absolute Gasteiger partial charge is 0.466 e. The van der Waals surface area contributed by atoms with Gasteiger partial charge >= 0.3 is 5.97 Å². The molecule has 4 rings (SSSR count). The highest BCUT2D eigenvalue weighted by Gasteiger charge is 2.32. The van der Waals surface area contributed by atoms with Crippen LogP contribution in [0, 0.1) is 11.3 Å². The second-order valence-electron chi connectivity index (χ2n) is 6.72. The number of ether oxygens (including phenoxy) is 1. The monoisotopic (exact) mass is 415 g/mol. The molecule has 0 saturated heterocycles. The number of esters is 1. The number of nitrogens with zero attached hydrogens (tertiary/aromatic N) is 3. The molecule has 0 aliphatic carbocycles. The lowest BCUT2D eigenvalue weighted by molar-refractivity contribution is -0.136. The molecule has 0 spiro atoms. The van der Waals surface area contributed by atoms with E-state index in [2.05, 4.69) is 11.1 Å². The molecule has 0 N–H and O–H groups in total. The zero-order valence-corrected chi connectivity index (χ0v) is 17.1. The number of benzene rings is 2. The Morgan fingerprint density at radius 2 is 1.90 bits per heavy atom. The summed E-state index contributed by atoms with van der Waals surface area (Å²) in [6, 6.07) is 17.8. The van der Waals surface area contributed by atoms with Crippen molar-refractivity contribution in [2.45, 2.75) is 13.0 Å². The highest BCUT2D eigenvalue weighted by molar-refractivity contribution is 7.07. The topological polar surface area (TPSA) is 84.4 Å². The van der Waals surface area contributed by atoms with Crippen LogP contribution in [0.15, 0.2) is 75.7 Å². The molecule has 0 fully saturated rings. The summed E-state index contributed by atoms with van der Waals surface area (Å²) in [5.74, 6) is -0.508. The average molecular weight is 415 g/mol. The molecule has 1 aromatic heterocycles. The fraction of sp³-hybridized carbons (Fsp3) is 0.130. The lowest BCUT2D eigenvalue weighted by Gasteiger charge is -2.24. The summed E-state index contributed by atoms with van der Waals surface area (Å²) in [5.41, 5.74) is 2.81. The summed E-state index contributed by atoms with van der Waals surface area (Å²) in [4.78, 5) is 30.9. The number of rotatable bonds is 3. The third kappa shape index (κ3) is 3.38. The number of thiazole rings is 1. The van der Waals surface area contributed by atoms with Crippen molar-refractivity contribution in [1.29, 1.82) is 5.26 Å². The van der Waals surface area contributed by atoms with Crippen molar-refractivity contribution < 1.29 is 9.53 Å². The van der Waals surface area contributed by atoms with E-state index in [9.17, 15) is 9.59 Å². The fourth-order valence-corrected chi connectivity index (χ4v) is 4.50. The highest BCUT2D eigenvalue weighted by Crippen LogP contribution is 2.30. The average Bonchev–Trinajstić information content (AvgIpc) is 3.08. The molecule has 2 aromatic carbocycles. The number of hydrogen-bond donors (Lipinski definition) is 0. The maximum absolute atomic E-state index is 13.3. The van der Waals surface area contributed by atoms with Crippen LogP contribution in [0.25, 0.3) is 6.08 Å². The summed E-state index contributed by atoms with van der Waals surface area (Å²) in [5, 5.41) is 8.96. The second-order valence-corrected chi connectivity index (χ2v) is 7.73. The van der Waals surface area contributed by atoms with Crippen molar-refractivity contribution >= 4 is 23.4 Å². The molecule has 1 aliphatic heterocycles. The van der Waals surface area contributed by atoms with Gasteiger partial charge in [-0.2, -0.15) is 5.26 Å². The zero-order valence-electron chi connectivity index (χ0n) is 16.3. The molecular formula is C23H17N3O3S. The molecule has 0 amide bonds. The van der Waals surface area contributed by atoms with E-state index < -0.39 is 12.0 Å². The molecule has 1 unspecified atom stereocenters. The van der Waals surface area contributed by atoms with Gasteiger partial charge in [0.15, 0.2) is 4.80 Å². The molecule has 1 aliphatic rings. The predicted molar refractivity (Wildman–Crippen MR) is 113 cm³/mol. The van der Waals surface area contributed by atoms with Crippen LogP contribution in [0.1, 0.15) is 29.7 Å². The predicted octanol–water partition coefficient (Wildman–Crippen LogP) is 2.28. The van der Waals surface area contributed by atoms with Crippen molar-refractivity contribution in [3.63, 3.8) is 0 Å². The number of allylic oxidation sites excluding steroid dienone is 1. The number of nitriles is 1. The number of methoxy groups -OCH3 is 1. The number of carbonyl (C=O) groups excluding carboxylic acids is 1. The molecule has 30 heavy (non-hydrogen) atoms. The van der Waals surface area contributed by atoms with Crippen LogP contribution in [0.4, 0.5) is 0 Å². The van der Waals surface area contributed by atoms with Gasteiger partial charge in [0.1, 0.15) is 0 Å². The second kappa shape index (κ2) is 7.93. The Morgan fingerprint density at radius 1 is 1.20 bits per heavy atom. The van der Waals surface area contributed by atoms with Gasteiger partial charge in [0.05, 0.1) is 40.6 Å². The Balaban J connectivity index is 1.94. The van der Waals surface area contributed by atoms with Gasteiger partial charge in [0.2, 0.25) is 0 Å². The Kier molecular flexibility index (Phi) is 5.17. The van der Waals surface area contributed by atoms with E-state index in [1.807, 2.05) is 30.3 Å². The molecule has 2 heterocycles. The van der Waals surface area contributed by atoms with Crippen molar-refractivity contribution in [3.8, 4) is 6.07 Å². The maximum Gasteiger partial charge on any atom is 0.338 e. The fourth-order valence-electron chi connectivity index (χ4n) is 3.45. The van der Waals surface area contributed by atoms with Crippen LogP contribution in [0.2, 0.25) is 0 Å². The molecule has 3 aromatic rings. The Bertz CT molecular complexity index is 1370. The molecule has 0 radical (unpaired) electrons. The molecule has 0 saturated carbocycles. The van der Waals surface area contributed by atoms with Gasteiger partial charge in [0, 0.05) is 0 Å². The normalized spacial score (nSPS) is 15.9. The minimum Gasteiger partial charge on any atom is -0.466 e. The molecule has 1 atom stereocenters. The lowest BCUT2D eigenvalue weighted by atomic mass is 9.96. The van der Waals surface area contributed by atoms with Gasteiger partial charge < -0.3 is 4.74 Å². The number of hydrogen-bond acceptors (Lipinski definition) is 6. The van der Waals surface area contributed by atoms with Gasteiger partial charge in [0.25, 0.3) is 5.56 Å². The third-order valence-corrected chi connectivity index (χ3v) is 5.86. The van der Waals surface area contributed by atoms with E-state index in [1.165, 1.54) is 18.4 Å². The van der Waals surface area contributed by atoms with Crippen LogP contribution in [-0.4, -0.2) is 17.6 Å². The van der Waals surface area contributed by atoms with Crippen LogP contribution < -0.4 is 14.9 Å². The first-order chi connectivity index (χ1) is 14.5. The van der Waals surface area contributed by atoms with Gasteiger partial charge in [-0.15, -0.1) is 0 Å². The van der Waals surface area contributed by atoms with Gasteiger partial charge in [-0.1, -0.05) is 53.8 Å². The summed E-state index contributed by atoms with van der Waals surface area (Å²) in [6.07, 6.45) is 1.77. The summed E-state index contributed by atoms with van der Waals surface area (Å²) >= 11 is 1.27. The van der Waals surface area contributed by atoms with Crippen molar-refractivity contribution in [1.82, 2.24) is 4.57 Å². The summed E-state index contributed by atoms with van der Waals surface area (Å²) in [7, 11) is 1.32. The van der Waals surface area contributed by atoms with E-state index in [4.69, 9.17) is 10.00 Å². The number of aromatic nitrogens is 1. The van der Waals surface area contributed by atoms with Gasteiger partial charge in [-0.25, -0.2) is 9.79 Å². The summed E-state index contributed by atoms with van der Waals surface area (Å²) < 4.78 is 7.04. The van der Waals surface area contributed by atoms with Crippen LogP contribution >= 0.6 is 11.3 Å². The standard InChI is InChI=1S/C23H17N3O3S/c1-14-19(22(28)29-2)20(17-6-4-3-5-7-17)26-21(27)18(30-23(26)25-14)12-15-8-10-16(13-24)11-9-15/h3-12,20H,1-2H3. The number of fused-ring (bicyclic) bond motifs is 1.